The number of benzene rings is 1. The van der Waals surface area contributed by atoms with E-state index in [2.05, 4.69) is 27.0 Å². The Bertz CT molecular complexity index is 627. The molecule has 1 aromatic heterocycles. The van der Waals surface area contributed by atoms with Gasteiger partial charge in [0.2, 0.25) is 5.95 Å². The first kappa shape index (κ1) is 12.7. The van der Waals surface area contributed by atoms with Crippen LogP contribution in [0.4, 0.5) is 5.95 Å². The molecule has 0 bridgehead atoms. The predicted molar refractivity (Wildman–Crippen MR) is 76.1 cm³/mol. The summed E-state index contributed by atoms with van der Waals surface area (Å²) in [5, 5.41) is 0. The van der Waals surface area contributed by atoms with Crippen molar-refractivity contribution in [3.8, 4) is 0 Å². The summed E-state index contributed by atoms with van der Waals surface area (Å²) in [6, 6.07) is 10.3. The van der Waals surface area contributed by atoms with Crippen molar-refractivity contribution < 1.29 is 4.79 Å². The molecule has 0 unspecified atom stereocenters. The molecule has 3 rings (SSSR count). The Balaban J connectivity index is 1.83. The molecule has 1 aromatic carbocycles. The number of carbonyl (C=O) groups is 1. The number of nitrogens with zero attached hydrogens (tertiary/aromatic N) is 3. The summed E-state index contributed by atoms with van der Waals surface area (Å²) in [7, 11) is 0. The lowest BCUT2D eigenvalue weighted by Crippen LogP contribution is -2.32. The number of hydrogen-bond donors (Lipinski definition) is 1. The van der Waals surface area contributed by atoms with Crippen molar-refractivity contribution in [3.63, 3.8) is 0 Å². The minimum atomic E-state index is 0.183. The van der Waals surface area contributed by atoms with Crippen molar-refractivity contribution in [1.82, 2.24) is 14.9 Å². The van der Waals surface area contributed by atoms with E-state index >= 15 is 0 Å². The van der Waals surface area contributed by atoms with Gasteiger partial charge in [-0.05, 0) is 5.56 Å². The van der Waals surface area contributed by atoms with E-state index in [1.165, 1.54) is 5.56 Å². The molecule has 0 atom stereocenters. The third-order valence-corrected chi connectivity index (χ3v) is 3.55. The molecule has 1 aliphatic rings. The fourth-order valence-corrected chi connectivity index (χ4v) is 2.59. The second-order valence-corrected chi connectivity index (χ2v) is 4.96. The molecule has 0 saturated heterocycles. The van der Waals surface area contributed by atoms with Gasteiger partial charge in [0.15, 0.2) is 6.29 Å². The highest BCUT2D eigenvalue weighted by Gasteiger charge is 2.21. The fourth-order valence-electron chi connectivity index (χ4n) is 2.59. The fraction of sp³-hybridized carbons (Fsp3) is 0.267. The van der Waals surface area contributed by atoms with Gasteiger partial charge < -0.3 is 5.73 Å². The molecule has 1 aliphatic heterocycles. The van der Waals surface area contributed by atoms with Crippen LogP contribution in [0.1, 0.15) is 27.3 Å². The highest BCUT2D eigenvalue weighted by atomic mass is 16.1. The van der Waals surface area contributed by atoms with Crippen LogP contribution < -0.4 is 5.73 Å². The Morgan fingerprint density at radius 1 is 1.25 bits per heavy atom. The van der Waals surface area contributed by atoms with Crippen LogP contribution in [0.25, 0.3) is 0 Å². The van der Waals surface area contributed by atoms with Crippen molar-refractivity contribution in [2.75, 3.05) is 12.3 Å². The molecular weight excluding hydrogens is 252 g/mol. The van der Waals surface area contributed by atoms with Crippen LogP contribution in [0, 0.1) is 0 Å². The average molecular weight is 268 g/mol. The van der Waals surface area contributed by atoms with Crippen LogP contribution in [-0.4, -0.2) is 27.7 Å². The molecule has 0 saturated carbocycles. The lowest BCUT2D eigenvalue weighted by atomic mass is 10.0. The summed E-state index contributed by atoms with van der Waals surface area (Å²) in [6.07, 6.45) is 1.57. The first-order chi connectivity index (χ1) is 9.76. The van der Waals surface area contributed by atoms with Crippen LogP contribution in [0.15, 0.2) is 30.3 Å². The Hall–Kier alpha value is -2.27. The Labute approximate surface area is 117 Å². The van der Waals surface area contributed by atoms with Gasteiger partial charge in [0.25, 0.3) is 0 Å². The lowest BCUT2D eigenvalue weighted by Gasteiger charge is -2.28. The van der Waals surface area contributed by atoms with E-state index in [-0.39, 0.29) is 5.95 Å². The average Bonchev–Trinajstić information content (AvgIpc) is 2.48. The Morgan fingerprint density at radius 3 is 2.80 bits per heavy atom. The number of rotatable bonds is 3. The van der Waals surface area contributed by atoms with Crippen LogP contribution in [0.2, 0.25) is 0 Å². The number of aromatic nitrogens is 2. The van der Waals surface area contributed by atoms with Gasteiger partial charge in [-0.1, -0.05) is 30.3 Å². The second kappa shape index (κ2) is 5.38. The normalized spacial score (nSPS) is 14.8. The summed E-state index contributed by atoms with van der Waals surface area (Å²) in [6.45, 7) is 2.47. The zero-order valence-corrected chi connectivity index (χ0v) is 11.1. The molecule has 0 radical (unpaired) electrons. The number of nitrogens with two attached hydrogens (primary N) is 1. The smallest absolute Gasteiger partial charge is 0.220 e. The van der Waals surface area contributed by atoms with Gasteiger partial charge in [-0.3, -0.25) is 9.69 Å². The van der Waals surface area contributed by atoms with E-state index in [1.54, 1.807) is 0 Å². The van der Waals surface area contributed by atoms with Crippen molar-refractivity contribution in [1.29, 1.82) is 0 Å². The van der Waals surface area contributed by atoms with Crippen LogP contribution in [-0.2, 0) is 19.5 Å². The number of hydrogen-bond acceptors (Lipinski definition) is 5. The van der Waals surface area contributed by atoms with Crippen molar-refractivity contribution >= 4 is 12.2 Å². The molecule has 20 heavy (non-hydrogen) atoms. The molecule has 0 amide bonds. The molecule has 5 heteroatoms. The zero-order valence-electron chi connectivity index (χ0n) is 11.1. The van der Waals surface area contributed by atoms with E-state index in [9.17, 15) is 4.79 Å². The lowest BCUT2D eigenvalue weighted by molar-refractivity contribution is 0.111. The van der Waals surface area contributed by atoms with E-state index in [0.717, 1.165) is 37.1 Å². The summed E-state index contributed by atoms with van der Waals surface area (Å²) in [5.41, 5.74) is 9.13. The molecule has 0 aliphatic carbocycles. The molecule has 0 fully saturated rings. The maximum atomic E-state index is 11.1. The minimum absolute atomic E-state index is 0.183. The molecule has 102 valence electrons. The van der Waals surface area contributed by atoms with E-state index in [1.807, 2.05) is 18.2 Å². The van der Waals surface area contributed by atoms with Crippen molar-refractivity contribution in [2.24, 2.45) is 0 Å². The van der Waals surface area contributed by atoms with E-state index in [0.29, 0.717) is 12.2 Å². The molecule has 2 N–H and O–H groups in total. The van der Waals surface area contributed by atoms with Gasteiger partial charge in [-0.15, -0.1) is 0 Å². The van der Waals surface area contributed by atoms with Crippen molar-refractivity contribution in [3.05, 3.63) is 52.8 Å². The maximum Gasteiger partial charge on any atom is 0.220 e. The summed E-state index contributed by atoms with van der Waals surface area (Å²) in [4.78, 5) is 21.7. The molecule has 5 nitrogen and oxygen atoms in total. The predicted octanol–water partition coefficient (Wildman–Crippen LogP) is 1.43. The second-order valence-electron chi connectivity index (χ2n) is 4.96. The van der Waals surface area contributed by atoms with Gasteiger partial charge in [0.05, 0.1) is 5.69 Å². The number of aldehydes is 1. The first-order valence-electron chi connectivity index (χ1n) is 6.63. The van der Waals surface area contributed by atoms with Gasteiger partial charge >= 0.3 is 0 Å². The van der Waals surface area contributed by atoms with Crippen molar-refractivity contribution in [2.45, 2.75) is 19.5 Å². The highest BCUT2D eigenvalue weighted by molar-refractivity contribution is 5.75. The van der Waals surface area contributed by atoms with Crippen LogP contribution >= 0.6 is 0 Å². The standard InChI is InChI=1S/C15H16N4O/c16-15-17-13-6-7-19(8-11-4-2-1-3-5-11)9-12(13)14(10-20)18-15/h1-5,10H,6-9H2,(H2,16,17,18). The van der Waals surface area contributed by atoms with Gasteiger partial charge in [0, 0.05) is 31.6 Å². The summed E-state index contributed by atoms with van der Waals surface area (Å²) < 4.78 is 0. The Morgan fingerprint density at radius 2 is 2.05 bits per heavy atom. The van der Waals surface area contributed by atoms with Crippen LogP contribution in [0.3, 0.4) is 0 Å². The Kier molecular flexibility index (Phi) is 3.43. The topological polar surface area (TPSA) is 72.1 Å². The molecule has 2 heterocycles. The van der Waals surface area contributed by atoms with Gasteiger partial charge in [-0.25, -0.2) is 9.97 Å². The maximum absolute atomic E-state index is 11.1. The number of anilines is 1. The number of carbonyl (C=O) groups excluding carboxylic acids is 1. The van der Waals surface area contributed by atoms with E-state index < -0.39 is 0 Å². The SMILES string of the molecule is Nc1nc(C=O)c2c(n1)CCN(Cc1ccccc1)C2. The van der Waals surface area contributed by atoms with E-state index in [4.69, 9.17) is 5.73 Å². The molecular formula is C15H16N4O. The third-order valence-electron chi connectivity index (χ3n) is 3.55. The van der Waals surface area contributed by atoms with Gasteiger partial charge in [-0.2, -0.15) is 0 Å². The number of fused-ring (bicyclic) bond motifs is 1. The third kappa shape index (κ3) is 2.53. The first-order valence-corrected chi connectivity index (χ1v) is 6.63. The minimum Gasteiger partial charge on any atom is -0.368 e. The van der Waals surface area contributed by atoms with Crippen LogP contribution in [0.5, 0.6) is 0 Å². The largest absolute Gasteiger partial charge is 0.368 e. The quantitative estimate of drug-likeness (QED) is 0.853. The molecule has 0 spiro atoms. The summed E-state index contributed by atoms with van der Waals surface area (Å²) in [5.74, 6) is 0.183. The number of nitrogen functional groups attached to an aromatic ring is 1. The molecule has 2 aromatic rings. The summed E-state index contributed by atoms with van der Waals surface area (Å²) >= 11 is 0. The highest BCUT2D eigenvalue weighted by Crippen LogP contribution is 2.21. The van der Waals surface area contributed by atoms with Gasteiger partial charge in [0.1, 0.15) is 5.69 Å². The zero-order chi connectivity index (χ0) is 13.9. The monoisotopic (exact) mass is 268 g/mol.